The summed E-state index contributed by atoms with van der Waals surface area (Å²) in [5.41, 5.74) is 6.19. The third kappa shape index (κ3) is 25.2. The summed E-state index contributed by atoms with van der Waals surface area (Å²) in [6.07, 6.45) is 7.75. The lowest BCUT2D eigenvalue weighted by Gasteiger charge is -2.34. The smallest absolute Gasteiger partial charge is 0.497 e. The van der Waals surface area contributed by atoms with E-state index in [1.807, 2.05) is 109 Å². The van der Waals surface area contributed by atoms with Gasteiger partial charge in [-0.2, -0.15) is 0 Å². The molecule has 6 aromatic rings. The Morgan fingerprint density at radius 1 is 0.417 bits per heavy atom. The number of aryl methyl sites for hydroxylation is 2. The minimum absolute atomic E-state index is 0. The third-order valence-corrected chi connectivity index (χ3v) is 29.5. The van der Waals surface area contributed by atoms with E-state index in [0.29, 0.717) is 35.2 Å². The second-order valence-corrected chi connectivity index (χ2v) is 41.9. The summed E-state index contributed by atoms with van der Waals surface area (Å²) in [7, 11) is -5.12. The number of carbonyl (C=O) groups is 3. The number of esters is 1. The molecule has 458 valence electrons. The van der Waals surface area contributed by atoms with E-state index in [0.717, 1.165) is 71.3 Å². The van der Waals surface area contributed by atoms with Crippen LogP contribution in [0.2, 0.25) is 76.6 Å². The molecule has 0 aromatic heterocycles. The molecule has 0 atom stereocenters. The van der Waals surface area contributed by atoms with Crippen molar-refractivity contribution in [1.29, 1.82) is 0 Å². The zero-order chi connectivity index (χ0) is 60.0. The van der Waals surface area contributed by atoms with E-state index in [1.165, 1.54) is 50.3 Å². The van der Waals surface area contributed by atoms with E-state index in [4.69, 9.17) is 36.7 Å². The summed E-state index contributed by atoms with van der Waals surface area (Å²) in [6, 6.07) is 50.4. The first-order chi connectivity index (χ1) is 38.8. The Balaban J connectivity index is 0.000000430. The third-order valence-electron chi connectivity index (χ3n) is 14.5. The number of ether oxygens (including phenoxy) is 6. The van der Waals surface area contributed by atoms with Crippen LogP contribution >= 0.6 is 0 Å². The predicted molar refractivity (Wildman–Crippen MR) is 356 cm³/mol. The quantitative estimate of drug-likeness (QED) is 0.0202. The van der Waals surface area contributed by atoms with Crippen LogP contribution in [0.4, 0.5) is 9.59 Å². The van der Waals surface area contributed by atoms with Crippen molar-refractivity contribution in [2.24, 2.45) is 0 Å². The van der Waals surface area contributed by atoms with Crippen LogP contribution in [0.25, 0.3) is 0 Å². The normalized spacial score (nSPS) is 11.6. The SMILES string of the molecule is C.C.CCCC[Si](C)(C)O[Si](C)(C)CCCc1ccccc1OC(=O)Oc1ccc(C(C)(C)c2ccc(OC)cc2)cc1.CCCC[Si](C)(C)O[Si](C)(C)CCCc1ccccc1OC(=O)Oc1ccc(Cc2ccc(OC(C)=O)cc2)cc1. The first-order valence-corrected chi connectivity index (χ1v) is 41.7. The second kappa shape index (κ2) is 34.2. The molecule has 11 nitrogen and oxygen atoms in total. The number of hydrogen-bond donors (Lipinski definition) is 0. The highest BCUT2D eigenvalue weighted by Gasteiger charge is 2.34. The summed E-state index contributed by atoms with van der Waals surface area (Å²) in [6.45, 7) is 28.9. The van der Waals surface area contributed by atoms with Crippen LogP contribution in [0.15, 0.2) is 146 Å². The minimum Gasteiger partial charge on any atom is -0.497 e. The number of rotatable bonds is 28. The number of unbranched alkanes of at least 4 members (excludes halogenated alkanes) is 2. The largest absolute Gasteiger partial charge is 0.519 e. The maximum atomic E-state index is 12.7. The van der Waals surface area contributed by atoms with Crippen LogP contribution in [-0.2, 0) is 37.7 Å². The first kappa shape index (κ1) is 72.2. The van der Waals surface area contributed by atoms with Gasteiger partial charge < -0.3 is 36.7 Å². The molecule has 0 unspecified atom stereocenters. The number of methoxy groups -OCH3 is 1. The van der Waals surface area contributed by atoms with E-state index >= 15 is 0 Å². The highest BCUT2D eigenvalue weighted by Crippen LogP contribution is 2.34. The Morgan fingerprint density at radius 3 is 1.08 bits per heavy atom. The van der Waals surface area contributed by atoms with E-state index in [9.17, 15) is 14.4 Å². The van der Waals surface area contributed by atoms with Crippen molar-refractivity contribution in [3.05, 3.63) is 179 Å². The van der Waals surface area contributed by atoms with Crippen LogP contribution < -0.4 is 28.4 Å². The number of benzene rings is 6. The van der Waals surface area contributed by atoms with Gasteiger partial charge >= 0.3 is 18.3 Å². The Bertz CT molecular complexity index is 2920. The summed E-state index contributed by atoms with van der Waals surface area (Å²) < 4.78 is 46.1. The van der Waals surface area contributed by atoms with Crippen molar-refractivity contribution < 1.29 is 51.0 Å². The molecule has 0 N–H and O–H groups in total. The summed E-state index contributed by atoms with van der Waals surface area (Å²) in [4.78, 5) is 36.4. The standard InChI is InChI=1S/C34H48O5Si2.C33H44O6Si2.2CH4/c1-9-10-25-40(5,6)39-41(7,8)26-13-15-27-14-11-12-16-32(27)38-33(35)37-31-23-19-29(20-24-31)34(2,3)28-17-21-30(36-4)22-18-28;1-7-8-23-40(3,4)39-41(5,6)24-11-13-29-12-9-10-14-32(29)38-33(35)37-31-21-17-28(18-22-31)25-27-15-19-30(20-16-27)36-26(2)34;;/h11-12,14,16-24H,9-10,13,15,25-26H2,1-8H3;9-10,12,14-22H,7-8,11,13,23-25H2,1-6H3;2*1H4. The maximum absolute atomic E-state index is 12.7. The molecule has 15 heteroatoms. The molecule has 6 rings (SSSR count). The van der Waals surface area contributed by atoms with E-state index in [-0.39, 0.29) is 26.2 Å². The molecule has 0 saturated carbocycles. The van der Waals surface area contributed by atoms with E-state index in [2.05, 4.69) is 92.2 Å². The molecule has 0 radical (unpaired) electrons. The Labute approximate surface area is 509 Å². The summed E-state index contributed by atoms with van der Waals surface area (Å²) >= 11 is 0. The van der Waals surface area contributed by atoms with Gasteiger partial charge in [-0.25, -0.2) is 9.59 Å². The fourth-order valence-electron chi connectivity index (χ4n) is 10.2. The van der Waals surface area contributed by atoms with Crippen molar-refractivity contribution in [3.8, 4) is 34.5 Å². The van der Waals surface area contributed by atoms with Gasteiger partial charge in [0.15, 0.2) is 33.3 Å². The fraction of sp³-hybridized carbons (Fsp3) is 0.435. The van der Waals surface area contributed by atoms with Gasteiger partial charge in [0.2, 0.25) is 0 Å². The van der Waals surface area contributed by atoms with Gasteiger partial charge in [0.1, 0.15) is 34.5 Å². The first-order valence-electron chi connectivity index (χ1n) is 29.3. The lowest BCUT2D eigenvalue weighted by Crippen LogP contribution is -2.44. The van der Waals surface area contributed by atoms with Crippen LogP contribution in [0.3, 0.4) is 0 Å². The van der Waals surface area contributed by atoms with Gasteiger partial charge in [-0.15, -0.1) is 0 Å². The fourth-order valence-corrected chi connectivity index (χ4v) is 28.3. The van der Waals surface area contributed by atoms with Gasteiger partial charge in [0.05, 0.1) is 7.11 Å². The second-order valence-electron chi connectivity index (χ2n) is 24.2. The maximum Gasteiger partial charge on any atom is 0.519 e. The Kier molecular flexibility index (Phi) is 29.4. The minimum atomic E-state index is -1.77. The number of hydrogen-bond acceptors (Lipinski definition) is 11. The molecule has 0 aliphatic heterocycles. The summed E-state index contributed by atoms with van der Waals surface area (Å²) in [5.74, 6) is 2.95. The zero-order valence-electron chi connectivity index (χ0n) is 51.5. The van der Waals surface area contributed by atoms with Gasteiger partial charge in [-0.1, -0.05) is 153 Å². The highest BCUT2D eigenvalue weighted by molar-refractivity contribution is 6.85. The van der Waals surface area contributed by atoms with Crippen LogP contribution in [0, 0.1) is 0 Å². The predicted octanol–water partition coefficient (Wildman–Crippen LogP) is 20.0. The number of para-hydroxylation sites is 2. The van der Waals surface area contributed by atoms with E-state index in [1.54, 1.807) is 31.4 Å². The van der Waals surface area contributed by atoms with Crippen molar-refractivity contribution in [3.63, 3.8) is 0 Å². The molecule has 0 fully saturated rings. The van der Waals surface area contributed by atoms with Crippen molar-refractivity contribution in [1.82, 2.24) is 0 Å². The van der Waals surface area contributed by atoms with Gasteiger partial charge in [-0.3, -0.25) is 4.79 Å². The molecule has 0 saturated heterocycles. The Hall–Kier alpha value is -6.08. The zero-order valence-corrected chi connectivity index (χ0v) is 55.5. The van der Waals surface area contributed by atoms with Crippen LogP contribution in [0.5, 0.6) is 34.5 Å². The molecular formula is C69H100O11Si4. The monoisotopic (exact) mass is 1220 g/mol. The van der Waals surface area contributed by atoms with Gasteiger partial charge in [0.25, 0.3) is 0 Å². The molecular weight excluding hydrogens is 1120 g/mol. The van der Waals surface area contributed by atoms with Crippen LogP contribution in [0.1, 0.15) is 121 Å². The average molecular weight is 1220 g/mol. The molecule has 84 heavy (non-hydrogen) atoms. The topological polar surface area (TPSA) is 125 Å². The lowest BCUT2D eigenvalue weighted by molar-refractivity contribution is -0.131. The van der Waals surface area contributed by atoms with Crippen molar-refractivity contribution >= 4 is 51.5 Å². The van der Waals surface area contributed by atoms with Gasteiger partial charge in [-0.05, 0) is 203 Å². The van der Waals surface area contributed by atoms with Crippen molar-refractivity contribution in [2.45, 2.75) is 189 Å². The molecule has 0 spiro atoms. The Morgan fingerprint density at radius 2 is 0.738 bits per heavy atom. The average Bonchev–Trinajstić information content (AvgIpc) is 3.09. The highest BCUT2D eigenvalue weighted by atomic mass is 28.4. The van der Waals surface area contributed by atoms with Crippen LogP contribution in [-0.4, -0.2) is 58.7 Å². The van der Waals surface area contributed by atoms with Gasteiger partial charge in [0, 0.05) is 12.3 Å². The molecule has 0 amide bonds. The molecule has 0 bridgehead atoms. The summed E-state index contributed by atoms with van der Waals surface area (Å²) in [5, 5.41) is 0. The molecule has 0 aliphatic rings. The molecule has 6 aromatic carbocycles. The molecule has 0 heterocycles. The van der Waals surface area contributed by atoms with Crippen molar-refractivity contribution in [2.75, 3.05) is 7.11 Å². The van der Waals surface area contributed by atoms with E-state index < -0.39 is 45.6 Å². The number of carbonyl (C=O) groups excluding carboxylic acids is 3. The molecule has 0 aliphatic carbocycles. The lowest BCUT2D eigenvalue weighted by atomic mass is 9.78.